The average Bonchev–Trinajstić information content (AvgIpc) is 3.36. The second-order valence-corrected chi connectivity index (χ2v) is 8.25. The number of hydrogen-bond acceptors (Lipinski definition) is 7. The molecule has 1 N–H and O–H groups in total. The molecule has 0 saturated carbocycles. The van der Waals surface area contributed by atoms with Crippen molar-refractivity contribution in [3.05, 3.63) is 66.5 Å². The van der Waals surface area contributed by atoms with Crippen molar-refractivity contribution in [1.29, 1.82) is 0 Å². The van der Waals surface area contributed by atoms with E-state index in [2.05, 4.69) is 17.0 Å². The van der Waals surface area contributed by atoms with Gasteiger partial charge in [-0.05, 0) is 53.1 Å². The molecule has 0 fully saturated rings. The predicted molar refractivity (Wildman–Crippen MR) is 142 cm³/mol. The van der Waals surface area contributed by atoms with E-state index in [0.29, 0.717) is 41.0 Å². The maximum Gasteiger partial charge on any atom is 0.203 e. The topological polar surface area (TPSA) is 80.5 Å². The van der Waals surface area contributed by atoms with Crippen LogP contribution in [0.25, 0.3) is 22.3 Å². The molecule has 0 spiro atoms. The molecule has 0 atom stereocenters. The Morgan fingerprint density at radius 1 is 0.568 bits per heavy atom. The van der Waals surface area contributed by atoms with Gasteiger partial charge in [0, 0.05) is 30.1 Å². The minimum Gasteiger partial charge on any atom is -0.508 e. The maximum absolute atomic E-state index is 9.68. The lowest BCUT2D eigenvalue weighted by atomic mass is 9.97. The van der Waals surface area contributed by atoms with Gasteiger partial charge in [0.15, 0.2) is 23.0 Å². The van der Waals surface area contributed by atoms with Crippen LogP contribution in [0.2, 0.25) is 0 Å². The number of rotatable bonds is 10. The molecule has 0 saturated heterocycles. The third-order valence-corrected chi connectivity index (χ3v) is 6.13. The number of phenolic OH excluding ortho intramolecular Hbond substituents is 1. The molecule has 3 aromatic carbocycles. The Kier molecular flexibility index (Phi) is 7.67. The molecule has 0 amide bonds. The molecular weight excluding hydrogens is 474 g/mol. The van der Waals surface area contributed by atoms with Crippen molar-refractivity contribution < 1.29 is 33.5 Å². The first kappa shape index (κ1) is 25.6. The van der Waals surface area contributed by atoms with Gasteiger partial charge in [-0.2, -0.15) is 0 Å². The standard InChI is InChI=1S/C29H31NO7/c1-32-24-11-19(12-25(33-2)28(24)36-5)22-16-30(15-18-7-9-21(31)10-8-18)17-23(22)20-13-26(34-3)29(37-6)27(14-20)35-4/h7-14,16-17,31H,15H2,1-6H3. The molecule has 0 aliphatic rings. The van der Waals surface area contributed by atoms with Gasteiger partial charge in [0.05, 0.1) is 42.7 Å². The summed E-state index contributed by atoms with van der Waals surface area (Å²) >= 11 is 0. The molecule has 8 nitrogen and oxygen atoms in total. The fourth-order valence-corrected chi connectivity index (χ4v) is 4.34. The molecule has 1 heterocycles. The van der Waals surface area contributed by atoms with Crippen LogP contribution in [0.4, 0.5) is 0 Å². The minimum atomic E-state index is 0.229. The SMILES string of the molecule is COc1cc(-c2cn(Cc3ccc(O)cc3)cc2-c2cc(OC)c(OC)c(OC)c2)cc(OC)c1OC. The average molecular weight is 506 g/mol. The zero-order chi connectivity index (χ0) is 26.5. The summed E-state index contributed by atoms with van der Waals surface area (Å²) in [5, 5.41) is 9.68. The Labute approximate surface area is 216 Å². The number of aromatic nitrogens is 1. The van der Waals surface area contributed by atoms with E-state index in [1.807, 2.05) is 36.4 Å². The third kappa shape index (κ3) is 5.09. The van der Waals surface area contributed by atoms with E-state index in [4.69, 9.17) is 28.4 Å². The van der Waals surface area contributed by atoms with Crippen molar-refractivity contribution in [2.45, 2.75) is 6.54 Å². The first-order valence-electron chi connectivity index (χ1n) is 11.5. The van der Waals surface area contributed by atoms with Crippen LogP contribution in [0.5, 0.6) is 40.2 Å². The molecule has 194 valence electrons. The Morgan fingerprint density at radius 3 is 1.27 bits per heavy atom. The zero-order valence-electron chi connectivity index (χ0n) is 21.8. The molecule has 0 bridgehead atoms. The number of ether oxygens (including phenoxy) is 6. The van der Waals surface area contributed by atoms with Crippen molar-refractivity contribution in [2.24, 2.45) is 0 Å². The van der Waals surface area contributed by atoms with Gasteiger partial charge in [-0.1, -0.05) is 12.1 Å². The summed E-state index contributed by atoms with van der Waals surface area (Å²) in [5.41, 5.74) is 4.67. The lowest BCUT2D eigenvalue weighted by Crippen LogP contribution is -1.96. The number of methoxy groups -OCH3 is 6. The fourth-order valence-electron chi connectivity index (χ4n) is 4.34. The highest BCUT2D eigenvalue weighted by Crippen LogP contribution is 2.46. The molecule has 4 aromatic rings. The van der Waals surface area contributed by atoms with Crippen LogP contribution in [-0.2, 0) is 6.54 Å². The van der Waals surface area contributed by atoms with Crippen molar-refractivity contribution >= 4 is 0 Å². The normalized spacial score (nSPS) is 10.6. The van der Waals surface area contributed by atoms with Gasteiger partial charge in [-0.3, -0.25) is 0 Å². The lowest BCUT2D eigenvalue weighted by Gasteiger charge is -2.16. The van der Waals surface area contributed by atoms with E-state index in [0.717, 1.165) is 27.8 Å². The van der Waals surface area contributed by atoms with E-state index in [1.165, 1.54) is 0 Å². The largest absolute Gasteiger partial charge is 0.508 e. The van der Waals surface area contributed by atoms with Crippen LogP contribution in [0.3, 0.4) is 0 Å². The van der Waals surface area contributed by atoms with Gasteiger partial charge in [0.1, 0.15) is 5.75 Å². The molecule has 1 aromatic heterocycles. The van der Waals surface area contributed by atoms with Crippen LogP contribution >= 0.6 is 0 Å². The van der Waals surface area contributed by atoms with E-state index in [9.17, 15) is 5.11 Å². The quantitative estimate of drug-likeness (QED) is 0.299. The number of nitrogens with zero attached hydrogens (tertiary/aromatic N) is 1. The van der Waals surface area contributed by atoms with Crippen LogP contribution < -0.4 is 28.4 Å². The Hall–Kier alpha value is -4.46. The second-order valence-electron chi connectivity index (χ2n) is 8.25. The minimum absolute atomic E-state index is 0.229. The molecule has 37 heavy (non-hydrogen) atoms. The van der Waals surface area contributed by atoms with Gasteiger partial charge in [0.25, 0.3) is 0 Å². The predicted octanol–water partition coefficient (Wildman–Crippen LogP) is 5.63. The van der Waals surface area contributed by atoms with Gasteiger partial charge in [-0.15, -0.1) is 0 Å². The maximum atomic E-state index is 9.68. The van der Waals surface area contributed by atoms with Gasteiger partial charge < -0.3 is 38.1 Å². The monoisotopic (exact) mass is 505 g/mol. The van der Waals surface area contributed by atoms with E-state index < -0.39 is 0 Å². The van der Waals surface area contributed by atoms with Crippen molar-refractivity contribution in [3.63, 3.8) is 0 Å². The van der Waals surface area contributed by atoms with Gasteiger partial charge >= 0.3 is 0 Å². The number of benzene rings is 3. The van der Waals surface area contributed by atoms with Crippen LogP contribution in [0.1, 0.15) is 5.56 Å². The van der Waals surface area contributed by atoms with E-state index >= 15 is 0 Å². The molecule has 0 unspecified atom stereocenters. The molecule has 0 aliphatic heterocycles. The fraction of sp³-hybridized carbons (Fsp3) is 0.241. The van der Waals surface area contributed by atoms with E-state index in [1.54, 1.807) is 54.8 Å². The van der Waals surface area contributed by atoms with Gasteiger partial charge in [0.2, 0.25) is 11.5 Å². The summed E-state index contributed by atoms with van der Waals surface area (Å²) in [5.74, 6) is 3.49. The smallest absolute Gasteiger partial charge is 0.203 e. The summed E-state index contributed by atoms with van der Waals surface area (Å²) in [6.45, 7) is 0.599. The molecular formula is C29H31NO7. The first-order valence-corrected chi connectivity index (χ1v) is 11.5. The van der Waals surface area contributed by atoms with E-state index in [-0.39, 0.29) is 5.75 Å². The summed E-state index contributed by atoms with van der Waals surface area (Å²) < 4.78 is 35.6. The van der Waals surface area contributed by atoms with Crippen LogP contribution in [-0.4, -0.2) is 52.3 Å². The highest BCUT2D eigenvalue weighted by molar-refractivity contribution is 5.87. The first-order chi connectivity index (χ1) is 18.0. The molecule has 4 rings (SSSR count). The summed E-state index contributed by atoms with van der Waals surface area (Å²) in [6.07, 6.45) is 4.12. The lowest BCUT2D eigenvalue weighted by molar-refractivity contribution is 0.324. The summed E-state index contributed by atoms with van der Waals surface area (Å²) in [4.78, 5) is 0. The Bertz CT molecular complexity index is 1240. The number of phenols is 1. The van der Waals surface area contributed by atoms with Crippen molar-refractivity contribution in [1.82, 2.24) is 4.57 Å². The Morgan fingerprint density at radius 2 is 0.946 bits per heavy atom. The molecule has 0 radical (unpaired) electrons. The molecule has 8 heteroatoms. The highest BCUT2D eigenvalue weighted by atomic mass is 16.5. The second kappa shape index (κ2) is 11.1. The van der Waals surface area contributed by atoms with Crippen LogP contribution in [0, 0.1) is 0 Å². The Balaban J connectivity index is 1.93. The van der Waals surface area contributed by atoms with Gasteiger partial charge in [-0.25, -0.2) is 0 Å². The third-order valence-electron chi connectivity index (χ3n) is 6.13. The zero-order valence-corrected chi connectivity index (χ0v) is 21.8. The van der Waals surface area contributed by atoms with Crippen LogP contribution in [0.15, 0.2) is 60.9 Å². The molecule has 0 aliphatic carbocycles. The summed E-state index contributed by atoms with van der Waals surface area (Å²) in [7, 11) is 9.54. The highest BCUT2D eigenvalue weighted by Gasteiger charge is 2.21. The number of aromatic hydroxyl groups is 1. The number of hydrogen-bond donors (Lipinski definition) is 1. The summed E-state index contributed by atoms with van der Waals surface area (Å²) in [6, 6.07) is 14.8. The van der Waals surface area contributed by atoms with Crippen molar-refractivity contribution in [3.8, 4) is 62.5 Å². The van der Waals surface area contributed by atoms with Crippen molar-refractivity contribution in [2.75, 3.05) is 42.7 Å².